The Morgan fingerprint density at radius 2 is 2.14 bits per heavy atom. The molecule has 4 nitrogen and oxygen atoms in total. The summed E-state index contributed by atoms with van der Waals surface area (Å²) in [5.74, 6) is 0.415. The van der Waals surface area contributed by atoms with Crippen LogP contribution in [-0.4, -0.2) is 15.0 Å². The Balaban J connectivity index is 2.62. The summed E-state index contributed by atoms with van der Waals surface area (Å²) in [5.41, 5.74) is 0.578. The van der Waals surface area contributed by atoms with Crippen LogP contribution in [0.1, 0.15) is 5.56 Å². The molecule has 0 aliphatic carbocycles. The van der Waals surface area contributed by atoms with Gasteiger partial charge in [-0.3, -0.25) is 0 Å². The predicted molar refractivity (Wildman–Crippen MR) is 49.8 cm³/mol. The van der Waals surface area contributed by atoms with Crippen molar-refractivity contribution in [3.05, 3.63) is 23.8 Å². The molecule has 76 valence electrons. The van der Waals surface area contributed by atoms with Crippen molar-refractivity contribution in [1.29, 1.82) is 0 Å². The molecule has 0 bridgehead atoms. The van der Waals surface area contributed by atoms with Crippen LogP contribution in [0.4, 0.5) is 0 Å². The van der Waals surface area contributed by atoms with Crippen LogP contribution >= 0.6 is 10.7 Å². The van der Waals surface area contributed by atoms with Gasteiger partial charge in [-0.15, -0.1) is 0 Å². The van der Waals surface area contributed by atoms with E-state index in [1.807, 2.05) is 0 Å². The molecule has 0 spiro atoms. The van der Waals surface area contributed by atoms with Crippen LogP contribution in [0.5, 0.6) is 5.75 Å². The Labute approximate surface area is 85.7 Å². The molecule has 0 atom stereocenters. The highest BCUT2D eigenvalue weighted by Gasteiger charge is 2.22. The number of halogens is 1. The molecule has 0 radical (unpaired) electrons. The van der Waals surface area contributed by atoms with E-state index >= 15 is 0 Å². The monoisotopic (exact) mass is 234 g/mol. The van der Waals surface area contributed by atoms with Crippen molar-refractivity contribution in [2.45, 2.75) is 11.3 Å². The van der Waals surface area contributed by atoms with E-state index in [1.165, 1.54) is 6.07 Å². The quantitative estimate of drug-likeness (QED) is 0.546. The minimum Gasteiger partial charge on any atom is -0.337 e. The van der Waals surface area contributed by atoms with E-state index in [0.717, 1.165) is 0 Å². The summed E-state index contributed by atoms with van der Waals surface area (Å²) in [6.45, 7) is 0.330. The molecule has 0 fully saturated rings. The van der Waals surface area contributed by atoms with Crippen LogP contribution < -0.4 is 4.89 Å². The lowest BCUT2D eigenvalue weighted by Gasteiger charge is -2.16. The van der Waals surface area contributed by atoms with Crippen LogP contribution in [0, 0.1) is 0 Å². The van der Waals surface area contributed by atoms with Gasteiger partial charge in [-0.05, 0) is 12.1 Å². The largest absolute Gasteiger partial charge is 0.337 e. The summed E-state index contributed by atoms with van der Waals surface area (Å²) in [7, 11) is 1.56. The molecular formula is C8H7ClO4S. The molecule has 6 heteroatoms. The summed E-state index contributed by atoms with van der Waals surface area (Å²) >= 11 is 0. The first-order valence-electron chi connectivity index (χ1n) is 3.95. The smallest absolute Gasteiger partial charge is 0.261 e. The van der Waals surface area contributed by atoms with Crippen LogP contribution in [0.15, 0.2) is 23.1 Å². The molecule has 1 aromatic carbocycles. The van der Waals surface area contributed by atoms with Crippen LogP contribution in [0.3, 0.4) is 0 Å². The molecule has 1 aromatic rings. The summed E-state index contributed by atoms with van der Waals surface area (Å²) in [4.78, 5) is 9.66. The van der Waals surface area contributed by atoms with Crippen molar-refractivity contribution < 1.29 is 18.2 Å². The maximum atomic E-state index is 11.2. The summed E-state index contributed by atoms with van der Waals surface area (Å²) in [5, 5.41) is 0. The van der Waals surface area contributed by atoms with E-state index in [4.69, 9.17) is 20.5 Å². The second-order valence-electron chi connectivity index (χ2n) is 2.83. The minimum absolute atomic E-state index is 0.0972. The highest BCUT2D eigenvalue weighted by atomic mass is 35.7. The molecule has 0 unspecified atom stereocenters. The number of hydrogen-bond donors (Lipinski definition) is 0. The van der Waals surface area contributed by atoms with Gasteiger partial charge in [0.1, 0.15) is 0 Å². The van der Waals surface area contributed by atoms with E-state index < -0.39 is 9.05 Å². The first-order valence-corrected chi connectivity index (χ1v) is 6.26. The molecule has 14 heavy (non-hydrogen) atoms. The molecule has 0 saturated carbocycles. The van der Waals surface area contributed by atoms with Gasteiger partial charge in [0, 0.05) is 22.7 Å². The zero-order chi connectivity index (χ0) is 10.2. The molecule has 2 rings (SSSR count). The molecule has 1 aliphatic rings. The maximum Gasteiger partial charge on any atom is 0.261 e. The maximum absolute atomic E-state index is 11.2. The average molecular weight is 235 g/mol. The number of rotatable bonds is 1. The van der Waals surface area contributed by atoms with Crippen molar-refractivity contribution in [3.8, 4) is 5.75 Å². The number of hydrogen-bond acceptors (Lipinski definition) is 4. The first kappa shape index (κ1) is 9.76. The van der Waals surface area contributed by atoms with Crippen molar-refractivity contribution in [1.82, 2.24) is 0 Å². The summed E-state index contributed by atoms with van der Waals surface area (Å²) in [6.07, 6.45) is 0.484. The first-order chi connectivity index (χ1) is 6.59. The fraction of sp³-hybridized carbons (Fsp3) is 0.250. The Bertz CT molecular complexity index is 454. The third-order valence-electron chi connectivity index (χ3n) is 1.94. The van der Waals surface area contributed by atoms with Crippen molar-refractivity contribution in [3.63, 3.8) is 0 Å². The topological polar surface area (TPSA) is 52.6 Å². The average Bonchev–Trinajstić information content (AvgIpc) is 2.15. The van der Waals surface area contributed by atoms with Gasteiger partial charge in [-0.25, -0.2) is 8.42 Å². The molecule has 0 amide bonds. The minimum atomic E-state index is -3.71. The molecule has 1 heterocycles. The fourth-order valence-electron chi connectivity index (χ4n) is 1.35. The second kappa shape index (κ2) is 3.42. The Morgan fingerprint density at radius 3 is 2.86 bits per heavy atom. The standard InChI is InChI=1S/C8H7ClO4S/c9-14(10,11)8-3-1-2-7-6(8)4-5-12-13-7/h1-3H,4-5H2. The van der Waals surface area contributed by atoms with Crippen molar-refractivity contribution >= 4 is 19.7 Å². The third kappa shape index (κ3) is 1.70. The Kier molecular flexibility index (Phi) is 2.38. The lowest BCUT2D eigenvalue weighted by atomic mass is 10.1. The fourth-order valence-corrected chi connectivity index (χ4v) is 2.52. The van der Waals surface area contributed by atoms with Gasteiger partial charge in [0.2, 0.25) is 0 Å². The Morgan fingerprint density at radius 1 is 1.36 bits per heavy atom. The zero-order valence-corrected chi connectivity index (χ0v) is 8.64. The summed E-state index contributed by atoms with van der Waals surface area (Å²) in [6, 6.07) is 4.65. The number of fused-ring (bicyclic) bond motifs is 1. The molecular weight excluding hydrogens is 228 g/mol. The van der Waals surface area contributed by atoms with Crippen molar-refractivity contribution in [2.24, 2.45) is 0 Å². The van der Waals surface area contributed by atoms with Gasteiger partial charge < -0.3 is 4.89 Å². The van der Waals surface area contributed by atoms with E-state index in [0.29, 0.717) is 24.3 Å². The van der Waals surface area contributed by atoms with E-state index in [2.05, 4.69) is 0 Å². The van der Waals surface area contributed by atoms with Gasteiger partial charge in [-0.1, -0.05) is 6.07 Å². The molecule has 1 aliphatic heterocycles. The van der Waals surface area contributed by atoms with E-state index in [1.54, 1.807) is 12.1 Å². The normalized spacial score (nSPS) is 15.8. The SMILES string of the molecule is O=S(=O)(Cl)c1cccc2c1CCOO2. The lowest BCUT2D eigenvalue weighted by Crippen LogP contribution is -2.13. The molecule has 0 aromatic heterocycles. The highest BCUT2D eigenvalue weighted by molar-refractivity contribution is 8.13. The van der Waals surface area contributed by atoms with Gasteiger partial charge in [0.05, 0.1) is 11.5 Å². The van der Waals surface area contributed by atoms with Gasteiger partial charge >= 0.3 is 0 Å². The van der Waals surface area contributed by atoms with Gasteiger partial charge in [0.25, 0.3) is 9.05 Å². The number of benzene rings is 1. The second-order valence-corrected chi connectivity index (χ2v) is 5.36. The molecule has 0 N–H and O–H groups in total. The van der Waals surface area contributed by atoms with E-state index in [-0.39, 0.29) is 4.90 Å². The van der Waals surface area contributed by atoms with Gasteiger partial charge in [0.15, 0.2) is 5.75 Å². The van der Waals surface area contributed by atoms with Crippen LogP contribution in [0.25, 0.3) is 0 Å². The van der Waals surface area contributed by atoms with Crippen LogP contribution in [-0.2, 0) is 20.4 Å². The third-order valence-corrected chi connectivity index (χ3v) is 3.34. The summed E-state index contributed by atoms with van der Waals surface area (Å²) < 4.78 is 22.3. The predicted octanol–water partition coefficient (Wildman–Crippen LogP) is 1.48. The Hall–Kier alpha value is -0.780. The molecule has 0 saturated heterocycles. The van der Waals surface area contributed by atoms with Gasteiger partial charge in [-0.2, -0.15) is 4.89 Å². The lowest BCUT2D eigenvalue weighted by molar-refractivity contribution is -0.215. The van der Waals surface area contributed by atoms with E-state index in [9.17, 15) is 8.42 Å². The zero-order valence-electron chi connectivity index (χ0n) is 7.07. The van der Waals surface area contributed by atoms with Crippen LogP contribution in [0.2, 0.25) is 0 Å². The van der Waals surface area contributed by atoms with Crippen molar-refractivity contribution in [2.75, 3.05) is 6.61 Å². The highest BCUT2D eigenvalue weighted by Crippen LogP contribution is 2.31.